The maximum atomic E-state index is 12.8. The van der Waals surface area contributed by atoms with E-state index in [1.165, 1.54) is 4.68 Å². The molecule has 1 heterocycles. The van der Waals surface area contributed by atoms with Crippen LogP contribution >= 0.6 is 0 Å². The third kappa shape index (κ3) is 4.16. The van der Waals surface area contributed by atoms with Crippen molar-refractivity contribution in [3.05, 3.63) is 82.3 Å². The maximum absolute atomic E-state index is 12.8. The summed E-state index contributed by atoms with van der Waals surface area (Å²) in [6, 6.07) is 18.3. The highest BCUT2D eigenvalue weighted by molar-refractivity contribution is 6.39. The third-order valence-corrected chi connectivity index (χ3v) is 4.52. The number of carbonyl (C=O) groups is 2. The molecule has 0 aliphatic carbocycles. The second-order valence-electron chi connectivity index (χ2n) is 6.39. The van der Waals surface area contributed by atoms with Gasteiger partial charge in [0.2, 0.25) is 0 Å². The van der Waals surface area contributed by atoms with Crippen molar-refractivity contribution < 1.29 is 9.59 Å². The highest BCUT2D eigenvalue weighted by atomic mass is 16.2. The highest BCUT2D eigenvalue weighted by Crippen LogP contribution is 2.13. The molecule has 2 aromatic carbocycles. The molecule has 0 radical (unpaired) electrons. The van der Waals surface area contributed by atoms with Gasteiger partial charge in [-0.1, -0.05) is 48.5 Å². The second kappa shape index (κ2) is 8.39. The minimum atomic E-state index is -0.972. The van der Waals surface area contributed by atoms with E-state index in [-0.39, 0.29) is 5.69 Å². The van der Waals surface area contributed by atoms with E-state index in [1.54, 1.807) is 37.7 Å². The summed E-state index contributed by atoms with van der Waals surface area (Å²) in [5.74, 6) is -1.94. The van der Waals surface area contributed by atoms with Crippen LogP contribution in [0.4, 0.5) is 5.69 Å². The monoisotopic (exact) mass is 391 g/mol. The van der Waals surface area contributed by atoms with Gasteiger partial charge < -0.3 is 5.32 Å². The van der Waals surface area contributed by atoms with Crippen LogP contribution in [0.3, 0.4) is 0 Å². The zero-order chi connectivity index (χ0) is 21.0. The van der Waals surface area contributed by atoms with Gasteiger partial charge in [-0.2, -0.15) is 5.10 Å². The first-order valence-electron chi connectivity index (χ1n) is 8.95. The van der Waals surface area contributed by atoms with Crippen molar-refractivity contribution >= 4 is 23.2 Å². The van der Waals surface area contributed by atoms with Crippen LogP contribution in [0.25, 0.3) is 5.69 Å². The molecule has 8 heteroatoms. The molecule has 0 bridgehead atoms. The van der Waals surface area contributed by atoms with Crippen molar-refractivity contribution in [2.75, 3.05) is 5.32 Å². The van der Waals surface area contributed by atoms with Crippen molar-refractivity contribution in [1.82, 2.24) is 14.8 Å². The number of anilines is 1. The molecule has 29 heavy (non-hydrogen) atoms. The molecular weight excluding hydrogens is 370 g/mol. The van der Waals surface area contributed by atoms with Gasteiger partial charge in [0.05, 0.1) is 17.1 Å². The predicted octanol–water partition coefficient (Wildman–Crippen LogP) is 1.96. The number of hydrazone groups is 1. The zero-order valence-electron chi connectivity index (χ0n) is 16.3. The number of amides is 2. The number of aromatic nitrogens is 2. The molecule has 0 aliphatic heterocycles. The number of hydrogen-bond donors (Lipinski definition) is 2. The fourth-order valence-corrected chi connectivity index (χ4v) is 2.81. The van der Waals surface area contributed by atoms with Crippen LogP contribution in [0, 0.1) is 6.92 Å². The van der Waals surface area contributed by atoms with Gasteiger partial charge in [0.1, 0.15) is 5.69 Å². The van der Waals surface area contributed by atoms with Gasteiger partial charge in [-0.25, -0.2) is 10.1 Å². The Hall–Kier alpha value is -3.94. The van der Waals surface area contributed by atoms with E-state index in [1.807, 2.05) is 48.5 Å². The third-order valence-electron chi connectivity index (χ3n) is 4.52. The van der Waals surface area contributed by atoms with E-state index in [0.717, 1.165) is 5.56 Å². The second-order valence-corrected chi connectivity index (χ2v) is 6.39. The Balaban J connectivity index is 1.77. The quantitative estimate of drug-likeness (QED) is 0.404. The summed E-state index contributed by atoms with van der Waals surface area (Å²) in [7, 11) is 1.70. The molecule has 0 spiro atoms. The summed E-state index contributed by atoms with van der Waals surface area (Å²) in [6.07, 6.45) is 0. The summed E-state index contributed by atoms with van der Waals surface area (Å²) >= 11 is 0. The Morgan fingerprint density at radius 3 is 2.14 bits per heavy atom. The standard InChI is InChI=1S/C21H21N5O3/c1-14(16-10-6-4-7-11-16)23-24-20(28)19(27)22-18-15(2)25(3)26(21(18)29)17-12-8-5-9-13-17/h4-13H,1-3H3,(H,22,27)(H,24,28)/b23-14+. The average molecular weight is 391 g/mol. The minimum absolute atomic E-state index is 0.0419. The lowest BCUT2D eigenvalue weighted by atomic mass is 10.1. The molecular formula is C21H21N5O3. The maximum Gasteiger partial charge on any atom is 0.329 e. The van der Waals surface area contributed by atoms with Gasteiger partial charge in [0.25, 0.3) is 5.56 Å². The number of para-hydroxylation sites is 1. The van der Waals surface area contributed by atoms with Crippen LogP contribution in [-0.2, 0) is 16.6 Å². The topological polar surface area (TPSA) is 97.5 Å². The lowest BCUT2D eigenvalue weighted by Gasteiger charge is -2.07. The van der Waals surface area contributed by atoms with Crippen molar-refractivity contribution in [1.29, 1.82) is 0 Å². The Morgan fingerprint density at radius 1 is 0.931 bits per heavy atom. The molecule has 0 saturated heterocycles. The van der Waals surface area contributed by atoms with Crippen LogP contribution in [0.15, 0.2) is 70.6 Å². The Morgan fingerprint density at radius 2 is 1.52 bits per heavy atom. The fraction of sp³-hybridized carbons (Fsp3) is 0.143. The number of nitrogens with zero attached hydrogens (tertiary/aromatic N) is 3. The van der Waals surface area contributed by atoms with Crippen molar-refractivity contribution in [3.63, 3.8) is 0 Å². The first kappa shape index (κ1) is 19.8. The Labute approximate surface area is 167 Å². The van der Waals surface area contributed by atoms with Gasteiger partial charge in [-0.15, -0.1) is 0 Å². The van der Waals surface area contributed by atoms with Crippen molar-refractivity contribution in [3.8, 4) is 5.69 Å². The summed E-state index contributed by atoms with van der Waals surface area (Å²) in [5, 5.41) is 6.34. The largest absolute Gasteiger partial charge is 0.329 e. The zero-order valence-corrected chi connectivity index (χ0v) is 16.3. The predicted molar refractivity (Wildman–Crippen MR) is 111 cm³/mol. The molecule has 3 rings (SSSR count). The summed E-state index contributed by atoms with van der Waals surface area (Å²) < 4.78 is 3.03. The van der Waals surface area contributed by atoms with Gasteiger partial charge in [0, 0.05) is 7.05 Å². The lowest BCUT2D eigenvalue weighted by Crippen LogP contribution is -2.34. The van der Waals surface area contributed by atoms with E-state index >= 15 is 0 Å². The number of rotatable bonds is 4. The summed E-state index contributed by atoms with van der Waals surface area (Å²) in [4.78, 5) is 37.2. The van der Waals surface area contributed by atoms with E-state index in [9.17, 15) is 14.4 Å². The van der Waals surface area contributed by atoms with Crippen LogP contribution in [0.1, 0.15) is 18.2 Å². The van der Waals surface area contributed by atoms with Crippen molar-refractivity contribution in [2.24, 2.45) is 12.1 Å². The normalized spacial score (nSPS) is 11.2. The van der Waals surface area contributed by atoms with Crippen LogP contribution in [0.5, 0.6) is 0 Å². The van der Waals surface area contributed by atoms with Crippen molar-refractivity contribution in [2.45, 2.75) is 13.8 Å². The SMILES string of the molecule is C/C(=N\NC(=O)C(=O)Nc1c(C)n(C)n(-c2ccccc2)c1=O)c1ccccc1. The van der Waals surface area contributed by atoms with Crippen LogP contribution < -0.4 is 16.3 Å². The molecule has 0 aliphatic rings. The molecule has 1 aromatic heterocycles. The average Bonchev–Trinajstić information content (AvgIpc) is 2.96. The molecule has 2 N–H and O–H groups in total. The van der Waals surface area contributed by atoms with E-state index in [4.69, 9.17) is 0 Å². The number of carbonyl (C=O) groups excluding carboxylic acids is 2. The number of benzene rings is 2. The molecule has 2 amide bonds. The molecule has 0 fully saturated rings. The van der Waals surface area contributed by atoms with E-state index in [0.29, 0.717) is 17.1 Å². The van der Waals surface area contributed by atoms with Gasteiger partial charge >= 0.3 is 11.8 Å². The summed E-state index contributed by atoms with van der Waals surface area (Å²) in [6.45, 7) is 3.40. The van der Waals surface area contributed by atoms with Gasteiger partial charge in [-0.05, 0) is 31.5 Å². The van der Waals surface area contributed by atoms with Gasteiger partial charge in [-0.3, -0.25) is 19.1 Å². The highest BCUT2D eigenvalue weighted by Gasteiger charge is 2.21. The Kier molecular flexibility index (Phi) is 5.73. The molecule has 0 unspecified atom stereocenters. The van der Waals surface area contributed by atoms with Crippen LogP contribution in [0.2, 0.25) is 0 Å². The molecule has 0 atom stereocenters. The molecule has 148 valence electrons. The Bertz CT molecular complexity index is 1130. The molecule has 3 aromatic rings. The van der Waals surface area contributed by atoms with Gasteiger partial charge in [0.15, 0.2) is 0 Å². The first-order chi connectivity index (χ1) is 13.9. The number of nitrogens with one attached hydrogen (secondary N) is 2. The number of hydrogen-bond acceptors (Lipinski definition) is 4. The lowest BCUT2D eigenvalue weighted by molar-refractivity contribution is -0.136. The fourth-order valence-electron chi connectivity index (χ4n) is 2.81. The van der Waals surface area contributed by atoms with E-state index < -0.39 is 17.4 Å². The van der Waals surface area contributed by atoms with E-state index in [2.05, 4.69) is 15.8 Å². The molecule has 0 saturated carbocycles. The van der Waals surface area contributed by atoms with Crippen LogP contribution in [-0.4, -0.2) is 26.9 Å². The summed E-state index contributed by atoms with van der Waals surface area (Å²) in [5.41, 5.74) is 4.36. The minimum Gasteiger partial charge on any atom is -0.311 e. The molecule has 8 nitrogen and oxygen atoms in total. The first-order valence-corrected chi connectivity index (χ1v) is 8.95. The smallest absolute Gasteiger partial charge is 0.311 e.